The van der Waals surface area contributed by atoms with Crippen LogP contribution in [-0.2, 0) is 19.8 Å². The van der Waals surface area contributed by atoms with Gasteiger partial charge in [-0.05, 0) is 138 Å². The summed E-state index contributed by atoms with van der Waals surface area (Å²) in [4.78, 5) is 119. The van der Waals surface area contributed by atoms with Crippen LogP contribution in [0.3, 0.4) is 0 Å². The minimum atomic E-state index is -1.05. The highest BCUT2D eigenvalue weighted by atomic mass is 19.1. The van der Waals surface area contributed by atoms with E-state index in [-0.39, 0.29) is 59.5 Å². The van der Waals surface area contributed by atoms with Crippen molar-refractivity contribution in [3.63, 3.8) is 0 Å². The number of anilines is 4. The van der Waals surface area contributed by atoms with Crippen molar-refractivity contribution in [2.45, 2.75) is 101 Å². The molecule has 1 atom stereocenters. The van der Waals surface area contributed by atoms with Crippen molar-refractivity contribution in [2.75, 3.05) is 67.5 Å². The highest BCUT2D eigenvalue weighted by Gasteiger charge is 2.56. The van der Waals surface area contributed by atoms with E-state index in [1.54, 1.807) is 59.8 Å². The molecule has 3 aromatic heterocycles. The van der Waals surface area contributed by atoms with Gasteiger partial charge in [-0.1, -0.05) is 18.6 Å². The number of fused-ring (bicyclic) bond motifs is 4. The zero-order valence-corrected chi connectivity index (χ0v) is 44.7. The van der Waals surface area contributed by atoms with Crippen LogP contribution in [0.15, 0.2) is 91.5 Å². The van der Waals surface area contributed by atoms with Gasteiger partial charge in [0, 0.05) is 98.1 Å². The van der Waals surface area contributed by atoms with Gasteiger partial charge in [0.25, 0.3) is 23.6 Å². The molecule has 13 rings (SSSR count). The predicted octanol–water partition coefficient (Wildman–Crippen LogP) is 6.86. The van der Waals surface area contributed by atoms with Gasteiger partial charge in [0.15, 0.2) is 11.6 Å². The number of carbonyl (C=O) groups is 7. The first kappa shape index (κ1) is 51.1. The Morgan fingerprint density at radius 2 is 1.45 bits per heavy atom. The summed E-state index contributed by atoms with van der Waals surface area (Å²) in [5.41, 5.74) is 6.14. The van der Waals surface area contributed by atoms with Gasteiger partial charge in [0.2, 0.25) is 17.7 Å². The van der Waals surface area contributed by atoms with E-state index < -0.39 is 40.9 Å². The van der Waals surface area contributed by atoms with Crippen LogP contribution < -0.4 is 20.4 Å². The molecule has 1 aliphatic carbocycles. The van der Waals surface area contributed by atoms with Gasteiger partial charge >= 0.3 is 0 Å². The zero-order valence-electron chi connectivity index (χ0n) is 44.7. The fourth-order valence-corrected chi connectivity index (χ4v) is 13.3. The summed E-state index contributed by atoms with van der Waals surface area (Å²) in [6, 6.07) is 20.9. The number of hydrogen-bond donors (Lipinski definition) is 2. The number of carbonyl (C=O) groups excluding carboxylic acids is 7. The van der Waals surface area contributed by atoms with Gasteiger partial charge in [-0.2, -0.15) is 0 Å². The molecule has 1 saturated carbocycles. The molecule has 2 N–H and O–H groups in total. The van der Waals surface area contributed by atoms with E-state index in [1.807, 2.05) is 26.5 Å². The number of likely N-dealkylation sites (tertiary alicyclic amines) is 2. The molecule has 5 fully saturated rings. The second-order valence-electron chi connectivity index (χ2n) is 22.6. The number of piperidine rings is 3. The number of amides is 7. The summed E-state index contributed by atoms with van der Waals surface area (Å²) in [5, 5.41) is 5.45. The van der Waals surface area contributed by atoms with Gasteiger partial charge in [0.1, 0.15) is 11.6 Å². The highest BCUT2D eigenvalue weighted by Crippen LogP contribution is 2.52. The van der Waals surface area contributed by atoms with Crippen molar-refractivity contribution >= 4 is 75.3 Å². The largest absolute Gasteiger partial charge is 0.368 e. The van der Waals surface area contributed by atoms with E-state index in [9.17, 15) is 28.8 Å². The maximum absolute atomic E-state index is 15.3. The van der Waals surface area contributed by atoms with E-state index in [4.69, 9.17) is 9.97 Å². The summed E-state index contributed by atoms with van der Waals surface area (Å²) in [6.07, 6.45) is 10.9. The number of hydrogen-bond acceptors (Lipinski definition) is 13. The molecule has 6 aromatic rings. The van der Waals surface area contributed by atoms with E-state index in [2.05, 4.69) is 51.4 Å². The van der Waals surface area contributed by atoms with Gasteiger partial charge in [0.05, 0.1) is 46.0 Å². The summed E-state index contributed by atoms with van der Waals surface area (Å²) >= 11 is 0. The van der Waals surface area contributed by atoms with Crippen molar-refractivity contribution in [1.82, 2.24) is 44.4 Å². The first-order valence-electron chi connectivity index (χ1n) is 28.0. The molecule has 80 heavy (non-hydrogen) atoms. The molecule has 0 bridgehead atoms. The first-order chi connectivity index (χ1) is 38.7. The quantitative estimate of drug-likeness (QED) is 0.135. The Morgan fingerprint density at radius 3 is 2.14 bits per heavy atom. The van der Waals surface area contributed by atoms with Crippen LogP contribution in [0.4, 0.5) is 27.3 Å². The standard InChI is InChI=1S/C60H61FN12O7/c1-35(2)71-34-63-48-32-47(65-53(52(48)71)64-46-16-19-62-33-45(46)61)38-10-13-44-50(28-38)72(41-29-40(30-41)67-20-4-3-5-21-67)59(80)60(44)17-22-69(23-18-60)55(76)36-6-8-37(9-7-36)56(77)70-26-24-68(25-27-70)39-11-12-42-43(31-39)58(79)73(57(42)78)49-14-15-51(74)66-54(49)75/h6-13,16,19,28,31-35,40-41,49H,3-5,14-15,17-18,20-27,29-30H2,1-2H3,(H,62,64,65)(H,66,74,75). The lowest BCUT2D eigenvalue weighted by molar-refractivity contribution is -0.136. The number of imidazole rings is 1. The number of aromatic nitrogens is 4. The third-order valence-electron chi connectivity index (χ3n) is 17.8. The van der Waals surface area contributed by atoms with E-state index in [1.165, 1.54) is 25.5 Å². The second kappa shape index (κ2) is 20.1. The fraction of sp³-hybridized carbons (Fsp3) is 0.400. The predicted molar refractivity (Wildman–Crippen MR) is 295 cm³/mol. The van der Waals surface area contributed by atoms with E-state index >= 15 is 9.18 Å². The van der Waals surface area contributed by atoms with Crippen LogP contribution in [0, 0.1) is 5.82 Å². The van der Waals surface area contributed by atoms with Gasteiger partial charge in [-0.25, -0.2) is 14.4 Å². The van der Waals surface area contributed by atoms with Crippen LogP contribution in [0.25, 0.3) is 22.3 Å². The molecule has 19 nitrogen and oxygen atoms in total. The van der Waals surface area contributed by atoms with Crippen molar-refractivity contribution in [3.05, 3.63) is 125 Å². The molecule has 7 aliphatic rings. The molecular weight excluding hydrogens is 1020 g/mol. The number of imide groups is 2. The average Bonchev–Trinajstić information content (AvgIpc) is 4.04. The average molecular weight is 1080 g/mol. The smallest absolute Gasteiger partial charge is 0.262 e. The topological polar surface area (TPSA) is 207 Å². The molecule has 410 valence electrons. The first-order valence-corrected chi connectivity index (χ1v) is 28.0. The zero-order chi connectivity index (χ0) is 55.1. The number of halogens is 1. The molecule has 20 heteroatoms. The summed E-state index contributed by atoms with van der Waals surface area (Å²) < 4.78 is 17.1. The molecule has 9 heterocycles. The number of nitrogens with one attached hydrogen (secondary N) is 2. The summed E-state index contributed by atoms with van der Waals surface area (Å²) in [6.45, 7) is 8.75. The van der Waals surface area contributed by atoms with Crippen LogP contribution in [0.5, 0.6) is 0 Å². The monoisotopic (exact) mass is 1080 g/mol. The number of rotatable bonds is 10. The highest BCUT2D eigenvalue weighted by molar-refractivity contribution is 6.24. The molecule has 1 unspecified atom stereocenters. The molecule has 7 amide bonds. The fourth-order valence-electron chi connectivity index (χ4n) is 13.3. The van der Waals surface area contributed by atoms with Crippen molar-refractivity contribution in [2.24, 2.45) is 0 Å². The summed E-state index contributed by atoms with van der Waals surface area (Å²) in [7, 11) is 0. The van der Waals surface area contributed by atoms with Gasteiger partial charge < -0.3 is 34.4 Å². The molecule has 4 saturated heterocycles. The number of piperazine rings is 1. The number of benzene rings is 3. The summed E-state index contributed by atoms with van der Waals surface area (Å²) in [5.74, 6) is -2.55. The molecule has 1 spiro atoms. The second-order valence-corrected chi connectivity index (χ2v) is 22.6. The van der Waals surface area contributed by atoms with Crippen LogP contribution >= 0.6 is 0 Å². The van der Waals surface area contributed by atoms with Crippen LogP contribution in [0.1, 0.15) is 125 Å². The van der Waals surface area contributed by atoms with E-state index in [0.29, 0.717) is 92.0 Å². The van der Waals surface area contributed by atoms with E-state index in [0.717, 1.165) is 59.4 Å². The normalized spacial score (nSPS) is 22.1. The Bertz CT molecular complexity index is 3560. The van der Waals surface area contributed by atoms with Crippen LogP contribution in [0.2, 0.25) is 0 Å². The van der Waals surface area contributed by atoms with Crippen molar-refractivity contribution in [1.29, 1.82) is 0 Å². The Labute approximate surface area is 461 Å². The SMILES string of the molecule is CC(C)n1cnc2cc(-c3ccc4c(c3)N(C3CC(N5CCCCC5)C3)C(=O)C43CCN(C(=O)c4ccc(C(=O)N5CCN(c6ccc7c(c6)C(=O)N(C6CCC(=O)NC6=O)C7=O)CC5)cc4)CC3)nc(Nc3ccncc3F)c21. The maximum Gasteiger partial charge on any atom is 0.262 e. The Kier molecular flexibility index (Phi) is 12.8. The van der Waals surface area contributed by atoms with Crippen molar-refractivity contribution in [3.8, 4) is 11.3 Å². The van der Waals surface area contributed by atoms with Gasteiger partial charge in [-0.3, -0.25) is 48.8 Å². The minimum absolute atomic E-state index is 0.0305. The molecular formula is C60H61FN12O7. The maximum atomic E-state index is 15.3. The number of nitrogens with zero attached hydrogens (tertiary/aromatic N) is 10. The van der Waals surface area contributed by atoms with Crippen LogP contribution in [-0.4, -0.2) is 151 Å². The lowest BCUT2D eigenvalue weighted by Crippen LogP contribution is -2.58. The number of pyridine rings is 2. The van der Waals surface area contributed by atoms with Gasteiger partial charge in [-0.15, -0.1) is 0 Å². The third kappa shape index (κ3) is 8.65. The van der Waals surface area contributed by atoms with Crippen molar-refractivity contribution < 1.29 is 38.0 Å². The molecule has 3 aromatic carbocycles. The lowest BCUT2D eigenvalue weighted by atomic mass is 9.73. The third-order valence-corrected chi connectivity index (χ3v) is 17.8. The molecule has 6 aliphatic heterocycles. The Hall–Kier alpha value is -8.39. The Balaban J connectivity index is 0.693. The molecule has 0 radical (unpaired) electrons. The lowest BCUT2D eigenvalue weighted by Gasteiger charge is -2.48. The Morgan fingerprint density at radius 1 is 0.750 bits per heavy atom. The minimum Gasteiger partial charge on any atom is -0.368 e.